The zero-order valence-electron chi connectivity index (χ0n) is 23.9. The van der Waals surface area contributed by atoms with Gasteiger partial charge in [-0.15, -0.1) is 0 Å². The van der Waals surface area contributed by atoms with Gasteiger partial charge in [-0.25, -0.2) is 0 Å². The molecule has 0 fully saturated rings. The van der Waals surface area contributed by atoms with Gasteiger partial charge >= 0.3 is 0 Å². The van der Waals surface area contributed by atoms with E-state index < -0.39 is 0 Å². The van der Waals surface area contributed by atoms with E-state index in [0.717, 1.165) is 22.5 Å². The Balaban J connectivity index is 1.37. The van der Waals surface area contributed by atoms with Gasteiger partial charge in [0.15, 0.2) is 0 Å². The standard InChI is InChI=1S/C39H30N4/c1-40-39(41-26-27-13-4-2-5-14-27)28-15-12-18-30(23-28)43-36-22-11-9-20-32(36)34-24-33-31-19-8-10-21-35(31)42(37(33)25-38(34)43)29-16-6-3-7-17-29/h2-26,39-40H,1H3. The second-order valence-electron chi connectivity index (χ2n) is 10.9. The summed E-state index contributed by atoms with van der Waals surface area (Å²) in [5.74, 6) is 0. The fraction of sp³-hybridized carbons (Fsp3) is 0.0513. The molecule has 0 spiro atoms. The Kier molecular flexibility index (Phi) is 6.13. The summed E-state index contributed by atoms with van der Waals surface area (Å²) in [5.41, 5.74) is 9.23. The summed E-state index contributed by atoms with van der Waals surface area (Å²) in [7, 11) is 1.96. The van der Waals surface area contributed by atoms with E-state index in [1.54, 1.807) is 0 Å². The molecule has 8 rings (SSSR count). The molecule has 0 amide bonds. The van der Waals surface area contributed by atoms with Crippen molar-refractivity contribution in [2.24, 2.45) is 4.99 Å². The van der Waals surface area contributed by atoms with Gasteiger partial charge < -0.3 is 9.13 Å². The van der Waals surface area contributed by atoms with Crippen molar-refractivity contribution in [3.05, 3.63) is 157 Å². The second-order valence-corrected chi connectivity index (χ2v) is 10.9. The molecule has 0 aliphatic carbocycles. The van der Waals surface area contributed by atoms with Crippen LogP contribution >= 0.6 is 0 Å². The van der Waals surface area contributed by atoms with Crippen molar-refractivity contribution in [3.8, 4) is 11.4 Å². The number of benzene rings is 6. The first-order valence-electron chi connectivity index (χ1n) is 14.7. The third kappa shape index (κ3) is 4.23. The second kappa shape index (κ2) is 10.4. The lowest BCUT2D eigenvalue weighted by molar-refractivity contribution is 0.627. The van der Waals surface area contributed by atoms with E-state index in [4.69, 9.17) is 4.99 Å². The van der Waals surface area contributed by atoms with Gasteiger partial charge in [0.1, 0.15) is 6.17 Å². The first-order chi connectivity index (χ1) is 21.3. The van der Waals surface area contributed by atoms with Gasteiger partial charge in [0.2, 0.25) is 0 Å². The van der Waals surface area contributed by atoms with Crippen LogP contribution in [-0.2, 0) is 0 Å². The smallest absolute Gasteiger partial charge is 0.125 e. The highest BCUT2D eigenvalue weighted by atomic mass is 15.0. The lowest BCUT2D eigenvalue weighted by atomic mass is 10.1. The average Bonchev–Trinajstić information content (AvgIpc) is 3.57. The highest BCUT2D eigenvalue weighted by Crippen LogP contribution is 2.39. The SMILES string of the molecule is CNC(N=Cc1ccccc1)c1cccc(-n2c3ccccc3c3cc4c5ccccc5n(-c5ccccc5)c4cc32)c1. The summed E-state index contributed by atoms with van der Waals surface area (Å²) in [6.07, 6.45) is 1.77. The monoisotopic (exact) mass is 554 g/mol. The average molecular weight is 555 g/mol. The molecule has 0 bridgehead atoms. The molecule has 0 saturated carbocycles. The molecule has 1 unspecified atom stereocenters. The first kappa shape index (κ1) is 25.3. The van der Waals surface area contributed by atoms with Gasteiger partial charge in [-0.1, -0.05) is 97.1 Å². The lowest BCUT2D eigenvalue weighted by Crippen LogP contribution is -2.14. The first-order valence-corrected chi connectivity index (χ1v) is 14.7. The van der Waals surface area contributed by atoms with Crippen LogP contribution in [0.3, 0.4) is 0 Å². The highest BCUT2D eigenvalue weighted by molar-refractivity contribution is 6.19. The number of aliphatic imine (C=N–C) groups is 1. The van der Waals surface area contributed by atoms with Gasteiger partial charge in [-0.2, -0.15) is 0 Å². The van der Waals surface area contributed by atoms with Gasteiger partial charge in [-0.3, -0.25) is 10.3 Å². The summed E-state index contributed by atoms with van der Waals surface area (Å²) in [5, 5.41) is 8.40. The van der Waals surface area contributed by atoms with Gasteiger partial charge in [0.25, 0.3) is 0 Å². The summed E-state index contributed by atoms with van der Waals surface area (Å²) in [4.78, 5) is 4.89. The maximum Gasteiger partial charge on any atom is 0.125 e. The van der Waals surface area contributed by atoms with Crippen LogP contribution in [0.25, 0.3) is 55.0 Å². The summed E-state index contributed by atoms with van der Waals surface area (Å²) >= 11 is 0. The Morgan fingerprint density at radius 2 is 1.07 bits per heavy atom. The number of fused-ring (bicyclic) bond motifs is 6. The van der Waals surface area contributed by atoms with E-state index in [1.165, 1.54) is 43.6 Å². The van der Waals surface area contributed by atoms with Crippen molar-refractivity contribution in [2.75, 3.05) is 7.05 Å². The molecule has 0 aliphatic rings. The fourth-order valence-electron chi connectivity index (χ4n) is 6.43. The maximum absolute atomic E-state index is 4.89. The van der Waals surface area contributed by atoms with Gasteiger partial charge in [-0.05, 0) is 66.7 Å². The molecule has 1 atom stereocenters. The molecule has 1 N–H and O–H groups in total. The molecular weight excluding hydrogens is 524 g/mol. The van der Waals surface area contributed by atoms with Gasteiger partial charge in [0, 0.05) is 39.1 Å². The summed E-state index contributed by atoms with van der Waals surface area (Å²) < 4.78 is 4.78. The number of nitrogens with zero attached hydrogens (tertiary/aromatic N) is 3. The van der Waals surface area contributed by atoms with Crippen LogP contribution in [0.2, 0.25) is 0 Å². The van der Waals surface area contributed by atoms with Crippen molar-refractivity contribution in [3.63, 3.8) is 0 Å². The number of nitrogens with one attached hydrogen (secondary N) is 1. The minimum Gasteiger partial charge on any atom is -0.309 e. The minimum absolute atomic E-state index is 0.166. The summed E-state index contributed by atoms with van der Waals surface area (Å²) in [6.45, 7) is 0. The molecular formula is C39H30N4. The molecule has 6 aromatic carbocycles. The molecule has 0 radical (unpaired) electrons. The van der Waals surface area contributed by atoms with E-state index in [9.17, 15) is 0 Å². The Bertz CT molecular complexity index is 2270. The van der Waals surface area contributed by atoms with E-state index in [1.807, 2.05) is 31.5 Å². The Hall–Kier alpha value is -5.45. The Morgan fingerprint density at radius 3 is 1.72 bits per heavy atom. The molecule has 2 aromatic heterocycles. The quantitative estimate of drug-likeness (QED) is 0.204. The number of hydrogen-bond donors (Lipinski definition) is 1. The summed E-state index contributed by atoms with van der Waals surface area (Å²) in [6, 6.07) is 51.8. The van der Waals surface area contributed by atoms with Gasteiger partial charge in [0.05, 0.1) is 22.1 Å². The van der Waals surface area contributed by atoms with Crippen LogP contribution in [-0.4, -0.2) is 22.4 Å². The van der Waals surface area contributed by atoms with E-state index in [0.29, 0.717) is 0 Å². The van der Waals surface area contributed by atoms with Crippen LogP contribution in [0.4, 0.5) is 0 Å². The fourth-order valence-corrected chi connectivity index (χ4v) is 6.43. The molecule has 4 nitrogen and oxygen atoms in total. The third-order valence-corrected chi connectivity index (χ3v) is 8.37. The Labute approximate surface area is 250 Å². The van der Waals surface area contributed by atoms with Crippen molar-refractivity contribution in [1.82, 2.24) is 14.5 Å². The molecule has 2 heterocycles. The van der Waals surface area contributed by atoms with Crippen molar-refractivity contribution in [2.45, 2.75) is 6.17 Å². The van der Waals surface area contributed by atoms with E-state index in [-0.39, 0.29) is 6.17 Å². The Morgan fingerprint density at radius 1 is 0.512 bits per heavy atom. The number of rotatable bonds is 6. The van der Waals surface area contributed by atoms with E-state index in [2.05, 4.69) is 142 Å². The molecule has 43 heavy (non-hydrogen) atoms. The molecule has 206 valence electrons. The molecule has 0 aliphatic heterocycles. The van der Waals surface area contributed by atoms with Crippen LogP contribution in [0.15, 0.2) is 151 Å². The topological polar surface area (TPSA) is 34.2 Å². The predicted octanol–water partition coefficient (Wildman–Crippen LogP) is 9.22. The van der Waals surface area contributed by atoms with Crippen LogP contribution in [0.1, 0.15) is 17.3 Å². The van der Waals surface area contributed by atoms with E-state index >= 15 is 0 Å². The lowest BCUT2D eigenvalue weighted by Gasteiger charge is -2.15. The van der Waals surface area contributed by atoms with Crippen LogP contribution in [0.5, 0.6) is 0 Å². The molecule has 4 heteroatoms. The third-order valence-electron chi connectivity index (χ3n) is 8.37. The maximum atomic E-state index is 4.89. The van der Waals surface area contributed by atoms with Crippen molar-refractivity contribution >= 4 is 49.8 Å². The number of hydrogen-bond acceptors (Lipinski definition) is 2. The van der Waals surface area contributed by atoms with Crippen LogP contribution < -0.4 is 5.32 Å². The zero-order valence-corrected chi connectivity index (χ0v) is 23.9. The zero-order chi connectivity index (χ0) is 28.8. The molecule has 0 saturated heterocycles. The number of para-hydroxylation sites is 3. The van der Waals surface area contributed by atoms with Crippen molar-refractivity contribution < 1.29 is 0 Å². The largest absolute Gasteiger partial charge is 0.309 e. The van der Waals surface area contributed by atoms with Crippen molar-refractivity contribution in [1.29, 1.82) is 0 Å². The van der Waals surface area contributed by atoms with Crippen LogP contribution in [0, 0.1) is 0 Å². The highest BCUT2D eigenvalue weighted by Gasteiger charge is 2.18. The minimum atomic E-state index is -0.166. The normalized spacial score (nSPS) is 12.7. The number of aromatic nitrogens is 2. The molecule has 8 aromatic rings. The predicted molar refractivity (Wildman–Crippen MR) is 181 cm³/mol.